The first-order valence-corrected chi connectivity index (χ1v) is 8.68. The second-order valence-electron chi connectivity index (χ2n) is 7.58. The highest BCUT2D eigenvalue weighted by Crippen LogP contribution is 2.41. The predicted molar refractivity (Wildman–Crippen MR) is 97.7 cm³/mol. The van der Waals surface area contributed by atoms with Crippen molar-refractivity contribution >= 4 is 22.4 Å². The van der Waals surface area contributed by atoms with Gasteiger partial charge in [-0.15, -0.1) is 0 Å². The molecule has 25 heavy (non-hydrogen) atoms. The van der Waals surface area contributed by atoms with Gasteiger partial charge in [0, 0.05) is 16.5 Å². The van der Waals surface area contributed by atoms with Gasteiger partial charge in [0.25, 0.3) is 0 Å². The Morgan fingerprint density at radius 2 is 1.88 bits per heavy atom. The number of benzene rings is 2. The maximum Gasteiger partial charge on any atom is 0.314 e. The van der Waals surface area contributed by atoms with Crippen molar-refractivity contribution in [1.82, 2.24) is 0 Å². The molecular weight excluding hydrogens is 318 g/mol. The fourth-order valence-corrected chi connectivity index (χ4v) is 3.34. The molecule has 3 N–H and O–H groups in total. The summed E-state index contributed by atoms with van der Waals surface area (Å²) in [5.41, 5.74) is 0.784. The number of ether oxygens (including phenoxy) is 1. The standard InChI is InChI=1S/C20H25NO4/c1-20(2,3)25-19(24)14-9-6-10-17(23)21-18-13-8-5-4-7-12(13)16(22)11-15(14)18/h4-5,7-8,11,14,17,21-23H,6,9-10H2,1-3H3. The van der Waals surface area contributed by atoms with Gasteiger partial charge in [-0.1, -0.05) is 24.3 Å². The summed E-state index contributed by atoms with van der Waals surface area (Å²) >= 11 is 0. The second kappa shape index (κ2) is 6.56. The lowest BCUT2D eigenvalue weighted by Crippen LogP contribution is -2.30. The molecule has 3 rings (SSSR count). The van der Waals surface area contributed by atoms with Gasteiger partial charge in [0.05, 0.1) is 5.92 Å². The first-order chi connectivity index (χ1) is 11.8. The van der Waals surface area contributed by atoms with Crippen molar-refractivity contribution in [2.24, 2.45) is 0 Å². The highest BCUT2D eigenvalue weighted by Gasteiger charge is 2.31. The summed E-state index contributed by atoms with van der Waals surface area (Å²) in [6.07, 6.45) is 1.11. The second-order valence-corrected chi connectivity index (χ2v) is 7.58. The third-order valence-corrected chi connectivity index (χ3v) is 4.40. The molecule has 2 aromatic rings. The minimum absolute atomic E-state index is 0.125. The number of aliphatic hydroxyl groups excluding tert-OH is 1. The molecule has 0 aromatic heterocycles. The third kappa shape index (κ3) is 3.71. The fraction of sp³-hybridized carbons (Fsp3) is 0.450. The Labute approximate surface area is 147 Å². The smallest absolute Gasteiger partial charge is 0.314 e. The van der Waals surface area contributed by atoms with Crippen molar-refractivity contribution < 1.29 is 19.7 Å². The van der Waals surface area contributed by atoms with Crippen LogP contribution in [0.2, 0.25) is 0 Å². The average molecular weight is 343 g/mol. The van der Waals surface area contributed by atoms with E-state index in [2.05, 4.69) is 5.32 Å². The van der Waals surface area contributed by atoms with Crippen molar-refractivity contribution in [1.29, 1.82) is 0 Å². The first-order valence-electron chi connectivity index (χ1n) is 8.68. The van der Waals surface area contributed by atoms with Gasteiger partial charge < -0.3 is 20.3 Å². The van der Waals surface area contributed by atoms with Crippen LogP contribution >= 0.6 is 0 Å². The number of hydrogen-bond acceptors (Lipinski definition) is 5. The van der Waals surface area contributed by atoms with Gasteiger partial charge in [-0.3, -0.25) is 4.79 Å². The van der Waals surface area contributed by atoms with Crippen LogP contribution in [-0.2, 0) is 9.53 Å². The largest absolute Gasteiger partial charge is 0.507 e. The number of phenols is 1. The van der Waals surface area contributed by atoms with Crippen LogP contribution in [0.4, 0.5) is 5.69 Å². The number of fused-ring (bicyclic) bond motifs is 3. The summed E-state index contributed by atoms with van der Waals surface area (Å²) in [6, 6.07) is 9.04. The number of hydrogen-bond donors (Lipinski definition) is 3. The molecule has 134 valence electrons. The van der Waals surface area contributed by atoms with E-state index in [9.17, 15) is 15.0 Å². The van der Waals surface area contributed by atoms with Gasteiger partial charge in [0.2, 0.25) is 0 Å². The van der Waals surface area contributed by atoms with E-state index in [0.29, 0.717) is 35.9 Å². The lowest BCUT2D eigenvalue weighted by molar-refractivity contribution is -0.157. The minimum Gasteiger partial charge on any atom is -0.507 e. The zero-order valence-electron chi connectivity index (χ0n) is 14.9. The maximum atomic E-state index is 12.8. The minimum atomic E-state index is -0.689. The van der Waals surface area contributed by atoms with E-state index in [1.807, 2.05) is 45.0 Å². The molecule has 0 radical (unpaired) electrons. The summed E-state index contributed by atoms with van der Waals surface area (Å²) in [4.78, 5) is 12.8. The Morgan fingerprint density at radius 1 is 1.20 bits per heavy atom. The summed E-state index contributed by atoms with van der Waals surface area (Å²) in [5, 5.41) is 25.2. The van der Waals surface area contributed by atoms with Crippen molar-refractivity contribution in [3.63, 3.8) is 0 Å². The van der Waals surface area contributed by atoms with Crippen LogP contribution < -0.4 is 5.32 Å². The van der Waals surface area contributed by atoms with E-state index < -0.39 is 17.7 Å². The van der Waals surface area contributed by atoms with Gasteiger partial charge in [-0.25, -0.2) is 0 Å². The maximum absolute atomic E-state index is 12.8. The highest BCUT2D eigenvalue weighted by atomic mass is 16.6. The Hall–Kier alpha value is -2.27. The Morgan fingerprint density at radius 3 is 2.56 bits per heavy atom. The molecule has 2 atom stereocenters. The lowest BCUT2D eigenvalue weighted by Gasteiger charge is -2.29. The van der Waals surface area contributed by atoms with Crippen LogP contribution in [-0.4, -0.2) is 28.0 Å². The highest BCUT2D eigenvalue weighted by molar-refractivity contribution is 6.01. The normalized spacial score (nSPS) is 21.0. The zero-order valence-corrected chi connectivity index (χ0v) is 14.9. The number of anilines is 1. The topological polar surface area (TPSA) is 78.8 Å². The number of rotatable bonds is 1. The van der Waals surface area contributed by atoms with Crippen LogP contribution in [0.1, 0.15) is 51.5 Å². The van der Waals surface area contributed by atoms with E-state index in [0.717, 1.165) is 5.39 Å². The van der Waals surface area contributed by atoms with E-state index in [-0.39, 0.29) is 11.7 Å². The van der Waals surface area contributed by atoms with Gasteiger partial charge >= 0.3 is 5.97 Å². The van der Waals surface area contributed by atoms with Crippen LogP contribution in [0.15, 0.2) is 30.3 Å². The van der Waals surface area contributed by atoms with Gasteiger partial charge in [-0.2, -0.15) is 0 Å². The van der Waals surface area contributed by atoms with Crippen molar-refractivity contribution in [3.8, 4) is 5.75 Å². The van der Waals surface area contributed by atoms with Crippen LogP contribution in [0.3, 0.4) is 0 Å². The van der Waals surface area contributed by atoms with E-state index >= 15 is 0 Å². The summed E-state index contributed by atoms with van der Waals surface area (Å²) < 4.78 is 5.60. The summed E-state index contributed by atoms with van der Waals surface area (Å²) in [6.45, 7) is 5.53. The molecule has 2 aromatic carbocycles. The number of phenolic OH excluding ortho intramolecular Hbond substituents is 1. The molecule has 0 saturated heterocycles. The molecule has 0 fully saturated rings. The molecule has 2 unspecified atom stereocenters. The molecule has 1 aliphatic heterocycles. The number of aromatic hydroxyl groups is 1. The number of carbonyl (C=O) groups is 1. The van der Waals surface area contributed by atoms with Crippen LogP contribution in [0.5, 0.6) is 5.75 Å². The molecule has 0 amide bonds. The molecule has 0 bridgehead atoms. The lowest BCUT2D eigenvalue weighted by atomic mass is 9.87. The fourth-order valence-electron chi connectivity index (χ4n) is 3.34. The zero-order chi connectivity index (χ0) is 18.2. The monoisotopic (exact) mass is 343 g/mol. The van der Waals surface area contributed by atoms with Crippen LogP contribution in [0, 0.1) is 0 Å². The molecular formula is C20H25NO4. The number of esters is 1. The summed E-state index contributed by atoms with van der Waals surface area (Å²) in [5.74, 6) is -0.661. The molecule has 1 aliphatic rings. The van der Waals surface area contributed by atoms with Gasteiger partial charge in [0.1, 0.15) is 17.6 Å². The van der Waals surface area contributed by atoms with Crippen LogP contribution in [0.25, 0.3) is 10.8 Å². The number of nitrogens with one attached hydrogen (secondary N) is 1. The molecule has 0 saturated carbocycles. The average Bonchev–Trinajstić information content (AvgIpc) is 2.51. The van der Waals surface area contributed by atoms with Gasteiger partial charge in [0.15, 0.2) is 0 Å². The summed E-state index contributed by atoms with van der Waals surface area (Å²) in [7, 11) is 0. The Balaban J connectivity index is 2.15. The third-order valence-electron chi connectivity index (χ3n) is 4.40. The molecule has 5 heteroatoms. The van der Waals surface area contributed by atoms with E-state index in [1.165, 1.54) is 0 Å². The van der Waals surface area contributed by atoms with Crippen molar-refractivity contribution in [2.75, 3.05) is 5.32 Å². The van der Waals surface area contributed by atoms with Crippen molar-refractivity contribution in [3.05, 3.63) is 35.9 Å². The first kappa shape index (κ1) is 17.5. The number of carbonyl (C=O) groups excluding carboxylic acids is 1. The Bertz CT molecular complexity index is 794. The number of aliphatic hydroxyl groups is 1. The van der Waals surface area contributed by atoms with E-state index in [4.69, 9.17) is 4.74 Å². The molecule has 0 aliphatic carbocycles. The quantitative estimate of drug-likeness (QED) is 0.541. The Kier molecular flexibility index (Phi) is 4.60. The van der Waals surface area contributed by atoms with E-state index in [1.54, 1.807) is 6.07 Å². The SMILES string of the molecule is CC(C)(C)OC(=O)C1CCCC(O)Nc2c1cc(O)c1ccccc21. The predicted octanol–water partition coefficient (Wildman–Crippen LogP) is 3.88. The van der Waals surface area contributed by atoms with Crippen molar-refractivity contribution in [2.45, 2.75) is 57.8 Å². The molecule has 1 heterocycles. The molecule has 0 spiro atoms. The van der Waals surface area contributed by atoms with Gasteiger partial charge in [-0.05, 0) is 51.7 Å². The molecule has 5 nitrogen and oxygen atoms in total.